The fourth-order valence-corrected chi connectivity index (χ4v) is 3.33. The third-order valence-electron chi connectivity index (χ3n) is 4.18. The average molecular weight is 261 g/mol. The van der Waals surface area contributed by atoms with Crippen LogP contribution in [0.2, 0.25) is 0 Å². The number of benzene rings is 1. The van der Waals surface area contributed by atoms with Gasteiger partial charge in [0.2, 0.25) is 0 Å². The highest BCUT2D eigenvalue weighted by atomic mass is 16.5. The van der Waals surface area contributed by atoms with E-state index < -0.39 is 0 Å². The van der Waals surface area contributed by atoms with E-state index in [1.54, 1.807) is 0 Å². The number of nitrogens with one attached hydrogen (secondary N) is 1. The first-order valence-corrected chi connectivity index (χ1v) is 7.71. The quantitative estimate of drug-likeness (QED) is 0.829. The molecule has 0 saturated heterocycles. The van der Waals surface area contributed by atoms with Crippen molar-refractivity contribution >= 4 is 0 Å². The monoisotopic (exact) mass is 261 g/mol. The van der Waals surface area contributed by atoms with Crippen LogP contribution in [0.25, 0.3) is 0 Å². The Morgan fingerprint density at radius 2 is 2.05 bits per heavy atom. The molecule has 1 aromatic rings. The van der Waals surface area contributed by atoms with E-state index in [0.29, 0.717) is 6.04 Å². The van der Waals surface area contributed by atoms with E-state index in [4.69, 9.17) is 4.74 Å². The lowest BCUT2D eigenvalue weighted by Gasteiger charge is -2.27. The molecule has 0 spiro atoms. The van der Waals surface area contributed by atoms with Gasteiger partial charge >= 0.3 is 0 Å². The molecular formula is C17H27NO. The third-order valence-corrected chi connectivity index (χ3v) is 4.18. The third kappa shape index (κ3) is 3.50. The van der Waals surface area contributed by atoms with E-state index in [9.17, 15) is 0 Å². The number of para-hydroxylation sites is 1. The predicted molar refractivity (Wildman–Crippen MR) is 80.5 cm³/mol. The Labute approximate surface area is 117 Å². The van der Waals surface area contributed by atoms with Crippen molar-refractivity contribution in [3.8, 4) is 5.75 Å². The molecule has 0 aliphatic heterocycles. The van der Waals surface area contributed by atoms with Gasteiger partial charge in [-0.25, -0.2) is 0 Å². The van der Waals surface area contributed by atoms with Gasteiger partial charge in [0, 0.05) is 11.6 Å². The van der Waals surface area contributed by atoms with Crippen molar-refractivity contribution in [2.45, 2.75) is 46.1 Å². The first-order valence-electron chi connectivity index (χ1n) is 7.71. The summed E-state index contributed by atoms with van der Waals surface area (Å²) in [6, 6.07) is 8.95. The Balaban J connectivity index is 2.22. The molecule has 19 heavy (non-hydrogen) atoms. The maximum Gasteiger partial charge on any atom is 0.124 e. The molecule has 106 valence electrons. The summed E-state index contributed by atoms with van der Waals surface area (Å²) >= 11 is 0. The van der Waals surface area contributed by atoms with Crippen LogP contribution in [0.15, 0.2) is 24.3 Å². The molecule has 3 unspecified atom stereocenters. The van der Waals surface area contributed by atoms with Crippen LogP contribution in [0.3, 0.4) is 0 Å². The Morgan fingerprint density at radius 1 is 1.26 bits per heavy atom. The van der Waals surface area contributed by atoms with Gasteiger partial charge in [-0.1, -0.05) is 38.5 Å². The molecular weight excluding hydrogens is 234 g/mol. The normalized spacial score (nSPS) is 24.4. The van der Waals surface area contributed by atoms with E-state index >= 15 is 0 Å². The fraction of sp³-hybridized carbons (Fsp3) is 0.647. The summed E-state index contributed by atoms with van der Waals surface area (Å²) in [4.78, 5) is 0. The zero-order chi connectivity index (χ0) is 13.7. The molecule has 0 bridgehead atoms. The SMILES string of the molecule is CCNC(c1ccccc1OCC)C1CCC(C)C1. The fourth-order valence-electron chi connectivity index (χ4n) is 3.33. The van der Waals surface area contributed by atoms with Crippen molar-refractivity contribution < 1.29 is 4.74 Å². The molecule has 1 aliphatic rings. The molecule has 3 atom stereocenters. The lowest BCUT2D eigenvalue weighted by Crippen LogP contribution is -2.27. The Kier molecular flexibility index (Phi) is 5.26. The molecule has 0 amide bonds. The molecule has 0 aromatic heterocycles. The molecule has 1 aliphatic carbocycles. The Hall–Kier alpha value is -1.02. The molecule has 0 radical (unpaired) electrons. The maximum atomic E-state index is 5.81. The summed E-state index contributed by atoms with van der Waals surface area (Å²) in [7, 11) is 0. The number of rotatable bonds is 6. The first kappa shape index (κ1) is 14.4. The van der Waals surface area contributed by atoms with Gasteiger partial charge in [0.25, 0.3) is 0 Å². The molecule has 1 aromatic carbocycles. The van der Waals surface area contributed by atoms with Crippen molar-refractivity contribution in [1.29, 1.82) is 0 Å². The molecule has 2 nitrogen and oxygen atoms in total. The van der Waals surface area contributed by atoms with Gasteiger partial charge in [-0.05, 0) is 44.2 Å². The van der Waals surface area contributed by atoms with Crippen LogP contribution >= 0.6 is 0 Å². The van der Waals surface area contributed by atoms with Gasteiger partial charge in [0.05, 0.1) is 6.61 Å². The topological polar surface area (TPSA) is 21.3 Å². The largest absolute Gasteiger partial charge is 0.494 e. The summed E-state index contributed by atoms with van der Waals surface area (Å²) < 4.78 is 5.81. The average Bonchev–Trinajstić information content (AvgIpc) is 2.84. The van der Waals surface area contributed by atoms with Crippen molar-refractivity contribution in [3.63, 3.8) is 0 Å². The van der Waals surface area contributed by atoms with Gasteiger partial charge < -0.3 is 10.1 Å². The van der Waals surface area contributed by atoms with Crippen LogP contribution in [-0.4, -0.2) is 13.2 Å². The highest BCUT2D eigenvalue weighted by Gasteiger charge is 2.30. The number of ether oxygens (including phenoxy) is 1. The summed E-state index contributed by atoms with van der Waals surface area (Å²) in [6.45, 7) is 8.36. The lowest BCUT2D eigenvalue weighted by atomic mass is 9.90. The lowest BCUT2D eigenvalue weighted by molar-refractivity contribution is 0.313. The van der Waals surface area contributed by atoms with Gasteiger partial charge in [-0.2, -0.15) is 0 Å². The molecule has 2 rings (SSSR count). The van der Waals surface area contributed by atoms with Crippen LogP contribution < -0.4 is 10.1 Å². The molecule has 1 fully saturated rings. The second-order valence-corrected chi connectivity index (χ2v) is 5.68. The van der Waals surface area contributed by atoms with E-state index in [-0.39, 0.29) is 0 Å². The zero-order valence-electron chi connectivity index (χ0n) is 12.5. The van der Waals surface area contributed by atoms with Gasteiger partial charge in [-0.15, -0.1) is 0 Å². The van der Waals surface area contributed by atoms with Crippen LogP contribution in [0.1, 0.15) is 51.6 Å². The number of hydrogen-bond donors (Lipinski definition) is 1. The van der Waals surface area contributed by atoms with Crippen LogP contribution in [0.4, 0.5) is 0 Å². The second-order valence-electron chi connectivity index (χ2n) is 5.68. The highest BCUT2D eigenvalue weighted by molar-refractivity contribution is 5.36. The minimum Gasteiger partial charge on any atom is -0.494 e. The minimum atomic E-state index is 0.442. The maximum absolute atomic E-state index is 5.81. The minimum absolute atomic E-state index is 0.442. The van der Waals surface area contributed by atoms with Crippen LogP contribution in [0, 0.1) is 11.8 Å². The molecule has 1 N–H and O–H groups in total. The Bertz CT molecular complexity index is 391. The van der Waals surface area contributed by atoms with E-state index in [1.807, 2.05) is 0 Å². The van der Waals surface area contributed by atoms with Crippen molar-refractivity contribution in [1.82, 2.24) is 5.32 Å². The smallest absolute Gasteiger partial charge is 0.124 e. The second kappa shape index (κ2) is 6.95. The Morgan fingerprint density at radius 3 is 2.68 bits per heavy atom. The van der Waals surface area contributed by atoms with Crippen molar-refractivity contribution in [3.05, 3.63) is 29.8 Å². The number of hydrogen-bond acceptors (Lipinski definition) is 2. The summed E-state index contributed by atoms with van der Waals surface area (Å²) in [5, 5.41) is 3.68. The molecule has 2 heteroatoms. The van der Waals surface area contributed by atoms with Crippen molar-refractivity contribution in [2.75, 3.05) is 13.2 Å². The summed E-state index contributed by atoms with van der Waals surface area (Å²) in [6.07, 6.45) is 4.03. The van der Waals surface area contributed by atoms with Crippen molar-refractivity contribution in [2.24, 2.45) is 11.8 Å². The van der Waals surface area contributed by atoms with E-state index in [1.165, 1.54) is 24.8 Å². The van der Waals surface area contributed by atoms with E-state index in [0.717, 1.165) is 30.7 Å². The molecule has 0 heterocycles. The van der Waals surface area contributed by atoms with Crippen LogP contribution in [-0.2, 0) is 0 Å². The van der Waals surface area contributed by atoms with Gasteiger partial charge in [0.1, 0.15) is 5.75 Å². The van der Waals surface area contributed by atoms with Crippen LogP contribution in [0.5, 0.6) is 5.75 Å². The predicted octanol–water partition coefficient (Wildman–Crippen LogP) is 4.17. The standard InChI is InChI=1S/C17H27NO/c1-4-18-17(14-11-10-13(3)12-14)15-8-6-7-9-16(15)19-5-2/h6-9,13-14,17-18H,4-5,10-12H2,1-3H3. The zero-order valence-corrected chi connectivity index (χ0v) is 12.5. The highest BCUT2D eigenvalue weighted by Crippen LogP contribution is 2.41. The molecule has 1 saturated carbocycles. The first-order chi connectivity index (χ1) is 9.26. The summed E-state index contributed by atoms with van der Waals surface area (Å²) in [5.41, 5.74) is 1.34. The summed E-state index contributed by atoms with van der Waals surface area (Å²) in [5.74, 6) is 2.66. The van der Waals surface area contributed by atoms with E-state index in [2.05, 4.69) is 50.4 Å². The van der Waals surface area contributed by atoms with Gasteiger partial charge in [0.15, 0.2) is 0 Å². The van der Waals surface area contributed by atoms with Gasteiger partial charge in [-0.3, -0.25) is 0 Å².